The number of ether oxygens (including phenoxy) is 2. The molecule has 0 unspecified atom stereocenters. The zero-order valence-corrected chi connectivity index (χ0v) is 16.4. The minimum absolute atomic E-state index is 0.699. The van der Waals surface area contributed by atoms with Gasteiger partial charge in [-0.2, -0.15) is 0 Å². The molecule has 0 amide bonds. The average molecular weight is 361 g/mol. The molecule has 0 saturated carbocycles. The van der Waals surface area contributed by atoms with Crippen LogP contribution in [0.25, 0.3) is 0 Å². The molecule has 0 N–H and O–H groups in total. The van der Waals surface area contributed by atoms with Gasteiger partial charge in [-0.1, -0.05) is 0 Å². The van der Waals surface area contributed by atoms with Gasteiger partial charge in [-0.05, 0) is 51.9 Å². The second-order valence-electron chi connectivity index (χ2n) is 7.03. The van der Waals surface area contributed by atoms with Crippen LogP contribution >= 0.6 is 0 Å². The zero-order chi connectivity index (χ0) is 18.1. The predicted octanol–water partition coefficient (Wildman–Crippen LogP) is 2.78. The maximum Gasteiger partial charge on any atom is 0.0701 e. The lowest BCUT2D eigenvalue weighted by molar-refractivity contribution is 0.0308. The van der Waals surface area contributed by atoms with E-state index in [2.05, 4.69) is 33.5 Å². The van der Waals surface area contributed by atoms with Crippen molar-refractivity contribution in [2.75, 3.05) is 65.7 Å². The van der Waals surface area contributed by atoms with E-state index < -0.39 is 0 Å². The molecular formula is C22H36N2O2. The standard InChI is InChI=1S/C22H36N2O2/c1-2-6-10-14-24-16-12-8-4-3-7-11-15-23(13-9-5-1)17-19-25-21-22-26-20-18-24/h5-22H2. The molecule has 4 nitrogen and oxygen atoms in total. The van der Waals surface area contributed by atoms with Crippen molar-refractivity contribution in [3.63, 3.8) is 0 Å². The average Bonchev–Trinajstić information content (AvgIpc) is 2.65. The van der Waals surface area contributed by atoms with Crippen LogP contribution in [0.3, 0.4) is 0 Å². The largest absolute Gasteiger partial charge is 0.378 e. The van der Waals surface area contributed by atoms with Crippen LogP contribution in [0.4, 0.5) is 0 Å². The minimum atomic E-state index is 0.699. The number of fused-ring (bicyclic) bond motifs is 19. The molecular weight excluding hydrogens is 324 g/mol. The van der Waals surface area contributed by atoms with Crippen LogP contribution < -0.4 is 0 Å². The van der Waals surface area contributed by atoms with E-state index in [1.807, 2.05) is 0 Å². The maximum absolute atomic E-state index is 5.76. The predicted molar refractivity (Wildman–Crippen MR) is 107 cm³/mol. The first-order valence-corrected chi connectivity index (χ1v) is 10.5. The van der Waals surface area contributed by atoms with Gasteiger partial charge in [0, 0.05) is 38.8 Å². The van der Waals surface area contributed by atoms with E-state index in [9.17, 15) is 0 Å². The Morgan fingerprint density at radius 2 is 0.769 bits per heavy atom. The highest BCUT2D eigenvalue weighted by atomic mass is 16.5. The van der Waals surface area contributed by atoms with Gasteiger partial charge in [0.1, 0.15) is 0 Å². The molecule has 26 heavy (non-hydrogen) atoms. The molecule has 3 aliphatic heterocycles. The van der Waals surface area contributed by atoms with Crippen molar-refractivity contribution < 1.29 is 9.47 Å². The molecule has 0 atom stereocenters. The van der Waals surface area contributed by atoms with Crippen LogP contribution in [0, 0.1) is 23.7 Å². The number of nitrogens with zero attached hydrogens (tertiary/aromatic N) is 2. The monoisotopic (exact) mass is 360 g/mol. The Bertz CT molecular complexity index is 400. The fraction of sp³-hybridized carbons (Fsp3) is 0.818. The summed E-state index contributed by atoms with van der Waals surface area (Å²) in [5.41, 5.74) is 0. The summed E-state index contributed by atoms with van der Waals surface area (Å²) in [6.45, 7) is 9.38. The fourth-order valence-electron chi connectivity index (χ4n) is 3.30. The van der Waals surface area contributed by atoms with Crippen LogP contribution in [-0.2, 0) is 9.47 Å². The Hall–Kier alpha value is -1.04. The number of rotatable bonds is 0. The highest BCUT2D eigenvalue weighted by molar-refractivity contribution is 5.00. The summed E-state index contributed by atoms with van der Waals surface area (Å²) in [4.78, 5) is 5.02. The van der Waals surface area contributed by atoms with Crippen molar-refractivity contribution in [3.05, 3.63) is 0 Å². The van der Waals surface area contributed by atoms with E-state index in [4.69, 9.17) is 9.47 Å². The van der Waals surface area contributed by atoms with Gasteiger partial charge in [-0.25, -0.2) is 0 Å². The smallest absolute Gasteiger partial charge is 0.0701 e. The fourth-order valence-corrected chi connectivity index (χ4v) is 3.30. The van der Waals surface area contributed by atoms with Gasteiger partial charge in [0.2, 0.25) is 0 Å². The van der Waals surface area contributed by atoms with Crippen LogP contribution in [-0.4, -0.2) is 75.5 Å². The second kappa shape index (κ2) is 15.1. The van der Waals surface area contributed by atoms with Gasteiger partial charge in [-0.15, -0.1) is 23.7 Å². The van der Waals surface area contributed by atoms with Crippen molar-refractivity contribution in [1.82, 2.24) is 9.80 Å². The molecule has 146 valence electrons. The van der Waals surface area contributed by atoms with Crippen molar-refractivity contribution in [2.24, 2.45) is 0 Å². The van der Waals surface area contributed by atoms with E-state index in [0.29, 0.717) is 13.2 Å². The molecule has 0 aromatic heterocycles. The van der Waals surface area contributed by atoms with Crippen LogP contribution in [0.15, 0.2) is 0 Å². The topological polar surface area (TPSA) is 24.9 Å². The lowest BCUT2D eigenvalue weighted by Gasteiger charge is -2.22. The molecule has 2 bridgehead atoms. The van der Waals surface area contributed by atoms with Gasteiger partial charge >= 0.3 is 0 Å². The highest BCUT2D eigenvalue weighted by Gasteiger charge is 2.06. The van der Waals surface area contributed by atoms with E-state index in [-0.39, 0.29) is 0 Å². The summed E-state index contributed by atoms with van der Waals surface area (Å²) in [5.74, 6) is 13.4. The molecule has 0 radical (unpaired) electrons. The maximum atomic E-state index is 5.76. The highest BCUT2D eigenvalue weighted by Crippen LogP contribution is 2.03. The van der Waals surface area contributed by atoms with Crippen LogP contribution in [0.5, 0.6) is 0 Å². The number of hydrogen-bond acceptors (Lipinski definition) is 4. The molecule has 0 fully saturated rings. The summed E-state index contributed by atoms with van der Waals surface area (Å²) in [6.07, 6.45) is 8.62. The molecule has 0 aliphatic carbocycles. The van der Waals surface area contributed by atoms with Crippen molar-refractivity contribution in [3.8, 4) is 23.7 Å². The zero-order valence-electron chi connectivity index (χ0n) is 16.4. The Labute approximate surface area is 160 Å². The summed E-state index contributed by atoms with van der Waals surface area (Å²) in [6, 6.07) is 0. The first kappa shape index (κ1) is 21.3. The van der Waals surface area contributed by atoms with E-state index in [0.717, 1.165) is 104 Å². The van der Waals surface area contributed by atoms with Crippen LogP contribution in [0.2, 0.25) is 0 Å². The van der Waals surface area contributed by atoms with Crippen LogP contribution in [0.1, 0.15) is 51.4 Å². The van der Waals surface area contributed by atoms with Crippen molar-refractivity contribution >= 4 is 0 Å². The van der Waals surface area contributed by atoms with Gasteiger partial charge in [-0.3, -0.25) is 0 Å². The molecule has 0 saturated heterocycles. The summed E-state index contributed by atoms with van der Waals surface area (Å²) in [7, 11) is 0. The lowest BCUT2D eigenvalue weighted by atomic mass is 10.2. The van der Waals surface area contributed by atoms with E-state index >= 15 is 0 Å². The third-order valence-corrected chi connectivity index (χ3v) is 4.83. The second-order valence-corrected chi connectivity index (χ2v) is 7.03. The van der Waals surface area contributed by atoms with Gasteiger partial charge in [0.05, 0.1) is 26.4 Å². The summed E-state index contributed by atoms with van der Waals surface area (Å²) in [5, 5.41) is 0. The third-order valence-electron chi connectivity index (χ3n) is 4.83. The van der Waals surface area contributed by atoms with E-state index in [1.54, 1.807) is 0 Å². The van der Waals surface area contributed by atoms with Gasteiger partial charge < -0.3 is 19.3 Å². The Balaban J connectivity index is 1.96. The SMILES string of the molecule is C1#CCCCN2CCCC#CCCCN(CCC1)CCOCCOCC2. The van der Waals surface area contributed by atoms with Gasteiger partial charge in [0.25, 0.3) is 0 Å². The quantitative estimate of drug-likeness (QED) is 0.620. The number of hydrogen-bond donors (Lipinski definition) is 0. The molecule has 0 aromatic rings. The summed E-state index contributed by atoms with van der Waals surface area (Å²) < 4.78 is 11.5. The molecule has 3 heterocycles. The Kier molecular flexibility index (Phi) is 12.3. The third kappa shape index (κ3) is 10.8. The first-order chi connectivity index (χ1) is 12.9. The van der Waals surface area contributed by atoms with Crippen molar-refractivity contribution in [1.29, 1.82) is 0 Å². The van der Waals surface area contributed by atoms with E-state index in [1.165, 1.54) is 0 Å². The molecule has 0 spiro atoms. The molecule has 4 heteroatoms. The molecule has 3 aliphatic rings. The Morgan fingerprint density at radius 1 is 0.423 bits per heavy atom. The first-order valence-electron chi connectivity index (χ1n) is 10.5. The lowest BCUT2D eigenvalue weighted by Crippen LogP contribution is -2.31. The molecule has 3 rings (SSSR count). The normalized spacial score (nSPS) is 28.0. The molecule has 0 aromatic carbocycles. The van der Waals surface area contributed by atoms with Crippen molar-refractivity contribution in [2.45, 2.75) is 51.4 Å². The Morgan fingerprint density at radius 3 is 1.12 bits per heavy atom. The minimum Gasteiger partial charge on any atom is -0.378 e. The van der Waals surface area contributed by atoms with Gasteiger partial charge in [0.15, 0.2) is 0 Å². The summed E-state index contributed by atoms with van der Waals surface area (Å²) >= 11 is 0.